The number of ether oxygens (including phenoxy) is 1. The Morgan fingerprint density at radius 3 is 2.34 bits per heavy atom. The Kier molecular flexibility index (Phi) is 7.86. The van der Waals surface area contributed by atoms with Gasteiger partial charge in [-0.25, -0.2) is 0 Å². The summed E-state index contributed by atoms with van der Waals surface area (Å²) in [4.78, 5) is 29.9. The Labute approximate surface area is 208 Å². The summed E-state index contributed by atoms with van der Waals surface area (Å²) in [5.74, 6) is -0.799. The number of Topliss-reactive ketones (excluding diaryl/α,β-unsaturated/α-hetero) is 1. The predicted octanol–water partition coefficient (Wildman–Crippen LogP) is 4.84. The molecule has 6 heteroatoms. The number of carbonyl (C=O) groups is 2. The van der Waals surface area contributed by atoms with Crippen molar-refractivity contribution in [2.75, 3.05) is 33.8 Å². The number of benzene rings is 2. The number of nitrogens with zero attached hydrogens (tertiary/aromatic N) is 2. The summed E-state index contributed by atoms with van der Waals surface area (Å²) in [7, 11) is 3.84. The van der Waals surface area contributed by atoms with Crippen molar-refractivity contribution in [1.82, 2.24) is 9.80 Å². The molecule has 1 heterocycles. The molecule has 6 nitrogen and oxygen atoms in total. The molecule has 0 radical (unpaired) electrons. The van der Waals surface area contributed by atoms with E-state index in [4.69, 9.17) is 4.74 Å². The average Bonchev–Trinajstić information content (AvgIpc) is 3.05. The first kappa shape index (κ1) is 26.2. The van der Waals surface area contributed by atoms with Crippen molar-refractivity contribution in [2.45, 2.75) is 39.2 Å². The molecular formula is C29H36N2O4. The zero-order valence-electron chi connectivity index (χ0n) is 21.6. The van der Waals surface area contributed by atoms with Gasteiger partial charge in [-0.3, -0.25) is 9.59 Å². The molecule has 0 aliphatic carbocycles. The van der Waals surface area contributed by atoms with Gasteiger partial charge in [-0.15, -0.1) is 0 Å². The van der Waals surface area contributed by atoms with Crippen LogP contribution in [0.2, 0.25) is 0 Å². The summed E-state index contributed by atoms with van der Waals surface area (Å²) in [6, 6.07) is 12.5. The second-order valence-electron chi connectivity index (χ2n) is 10.2. The van der Waals surface area contributed by atoms with Gasteiger partial charge in [0.15, 0.2) is 0 Å². The second kappa shape index (κ2) is 10.5. The molecule has 1 N–H and O–H groups in total. The number of likely N-dealkylation sites (tertiary alicyclic amines) is 1. The lowest BCUT2D eigenvalue weighted by atomic mass is 9.85. The van der Waals surface area contributed by atoms with Gasteiger partial charge in [0.05, 0.1) is 11.6 Å². The number of hydrogen-bond acceptors (Lipinski definition) is 5. The van der Waals surface area contributed by atoms with Crippen molar-refractivity contribution in [1.29, 1.82) is 0 Å². The molecule has 2 aromatic rings. The van der Waals surface area contributed by atoms with Gasteiger partial charge >= 0.3 is 0 Å². The normalized spacial score (nSPS) is 17.8. The predicted molar refractivity (Wildman–Crippen MR) is 140 cm³/mol. The first-order valence-electron chi connectivity index (χ1n) is 11.8. The SMILES string of the molecule is C=CCOc1ccc(C(O)=C2C(=O)C(=O)N(CCN(C)C)C2c2ccc(C(C)(C)C)cc2)c(C)c1. The highest BCUT2D eigenvalue weighted by molar-refractivity contribution is 6.46. The van der Waals surface area contributed by atoms with E-state index in [1.54, 1.807) is 29.2 Å². The maximum absolute atomic E-state index is 13.2. The van der Waals surface area contributed by atoms with E-state index in [9.17, 15) is 14.7 Å². The lowest BCUT2D eigenvalue weighted by molar-refractivity contribution is -0.140. The second-order valence-corrected chi connectivity index (χ2v) is 10.2. The van der Waals surface area contributed by atoms with Gasteiger partial charge in [0, 0.05) is 18.7 Å². The number of likely N-dealkylation sites (N-methyl/N-ethyl adjacent to an activating group) is 1. The highest BCUT2D eigenvalue weighted by atomic mass is 16.5. The van der Waals surface area contributed by atoms with Gasteiger partial charge in [-0.05, 0) is 61.3 Å². The van der Waals surface area contributed by atoms with Gasteiger partial charge in [0.25, 0.3) is 11.7 Å². The molecule has 1 saturated heterocycles. The van der Waals surface area contributed by atoms with Gasteiger partial charge in [0.2, 0.25) is 0 Å². The smallest absolute Gasteiger partial charge is 0.295 e. The van der Waals surface area contributed by atoms with Gasteiger partial charge in [-0.2, -0.15) is 0 Å². The zero-order chi connectivity index (χ0) is 25.9. The Morgan fingerprint density at radius 1 is 1.14 bits per heavy atom. The molecule has 1 fully saturated rings. The molecule has 1 unspecified atom stereocenters. The van der Waals surface area contributed by atoms with Crippen LogP contribution < -0.4 is 4.74 Å². The number of rotatable bonds is 8. The maximum atomic E-state index is 13.2. The van der Waals surface area contributed by atoms with Crippen LogP contribution in [0.3, 0.4) is 0 Å². The third-order valence-electron chi connectivity index (χ3n) is 6.24. The van der Waals surface area contributed by atoms with Crippen molar-refractivity contribution >= 4 is 17.4 Å². The van der Waals surface area contributed by atoms with Gasteiger partial charge in [0.1, 0.15) is 18.1 Å². The summed E-state index contributed by atoms with van der Waals surface area (Å²) >= 11 is 0. The number of hydrogen-bond donors (Lipinski definition) is 1. The Hall–Kier alpha value is -3.38. The van der Waals surface area contributed by atoms with Crippen LogP contribution in [0.1, 0.15) is 49.1 Å². The van der Waals surface area contributed by atoms with Crippen LogP contribution in [0.25, 0.3) is 5.76 Å². The molecule has 1 amide bonds. The van der Waals surface area contributed by atoms with E-state index < -0.39 is 17.7 Å². The number of aliphatic hydroxyl groups excluding tert-OH is 1. The van der Waals surface area contributed by atoms with E-state index in [1.165, 1.54) is 0 Å². The van der Waals surface area contributed by atoms with Crippen LogP contribution >= 0.6 is 0 Å². The molecule has 2 aromatic carbocycles. The first-order chi connectivity index (χ1) is 16.5. The molecule has 35 heavy (non-hydrogen) atoms. The molecule has 0 saturated carbocycles. The first-order valence-corrected chi connectivity index (χ1v) is 11.8. The zero-order valence-corrected chi connectivity index (χ0v) is 21.6. The monoisotopic (exact) mass is 476 g/mol. The summed E-state index contributed by atoms with van der Waals surface area (Å²) in [5.41, 5.74) is 3.26. The van der Waals surface area contributed by atoms with Crippen LogP contribution in [0.4, 0.5) is 0 Å². The molecule has 0 bridgehead atoms. The number of ketones is 1. The minimum absolute atomic E-state index is 0.0300. The summed E-state index contributed by atoms with van der Waals surface area (Å²) in [6.07, 6.45) is 1.66. The standard InChI is InChI=1S/C29H36N2O4/c1-8-17-35-22-13-14-23(19(2)18-22)26(32)24-25(20-9-11-21(12-10-20)29(3,4)5)31(16-15-30(6)7)28(34)27(24)33/h8-14,18,25,32H,1,15-17H2,2-7H3. The van der Waals surface area contributed by atoms with Crippen molar-refractivity contribution in [3.05, 3.63) is 82.9 Å². The van der Waals surface area contributed by atoms with Gasteiger partial charge < -0.3 is 19.6 Å². The third-order valence-corrected chi connectivity index (χ3v) is 6.24. The number of amides is 1. The van der Waals surface area contributed by atoms with Crippen LogP contribution in [0.15, 0.2) is 60.7 Å². The Balaban J connectivity index is 2.12. The number of carbonyl (C=O) groups excluding carboxylic acids is 2. The largest absolute Gasteiger partial charge is 0.507 e. The molecule has 3 rings (SSSR count). The van der Waals surface area contributed by atoms with Crippen molar-refractivity contribution < 1.29 is 19.4 Å². The molecule has 186 valence electrons. The van der Waals surface area contributed by atoms with Gasteiger partial charge in [-0.1, -0.05) is 57.7 Å². The summed E-state index contributed by atoms with van der Waals surface area (Å²) in [5, 5.41) is 11.4. The van der Waals surface area contributed by atoms with Crippen LogP contribution in [0, 0.1) is 6.92 Å². The van der Waals surface area contributed by atoms with Crippen molar-refractivity contribution in [3.63, 3.8) is 0 Å². The highest BCUT2D eigenvalue weighted by Gasteiger charge is 2.46. The molecule has 1 atom stereocenters. The number of aryl methyl sites for hydroxylation is 1. The van der Waals surface area contributed by atoms with E-state index in [-0.39, 0.29) is 16.7 Å². The van der Waals surface area contributed by atoms with Crippen LogP contribution in [-0.4, -0.2) is 60.4 Å². The molecule has 0 spiro atoms. The molecular weight excluding hydrogens is 440 g/mol. The van der Waals surface area contributed by atoms with E-state index in [0.717, 1.165) is 16.7 Å². The Morgan fingerprint density at radius 2 is 1.80 bits per heavy atom. The maximum Gasteiger partial charge on any atom is 0.295 e. The number of aliphatic hydroxyl groups is 1. The van der Waals surface area contributed by atoms with E-state index >= 15 is 0 Å². The molecule has 1 aliphatic rings. The van der Waals surface area contributed by atoms with Crippen molar-refractivity contribution in [3.8, 4) is 5.75 Å². The lowest BCUT2D eigenvalue weighted by Gasteiger charge is -2.27. The summed E-state index contributed by atoms with van der Waals surface area (Å²) in [6.45, 7) is 13.2. The Bertz CT molecular complexity index is 1140. The minimum atomic E-state index is -0.669. The highest BCUT2D eigenvalue weighted by Crippen LogP contribution is 2.40. The average molecular weight is 477 g/mol. The van der Waals surface area contributed by atoms with Crippen molar-refractivity contribution in [2.24, 2.45) is 0 Å². The quantitative estimate of drug-likeness (QED) is 0.256. The van der Waals surface area contributed by atoms with Crippen LogP contribution in [0.5, 0.6) is 5.75 Å². The van der Waals surface area contributed by atoms with Crippen LogP contribution in [-0.2, 0) is 15.0 Å². The topological polar surface area (TPSA) is 70.1 Å². The fourth-order valence-electron chi connectivity index (χ4n) is 4.22. The lowest BCUT2D eigenvalue weighted by Crippen LogP contribution is -2.35. The molecule has 1 aliphatic heterocycles. The summed E-state index contributed by atoms with van der Waals surface area (Å²) < 4.78 is 5.59. The molecule has 0 aromatic heterocycles. The van der Waals surface area contributed by atoms with E-state index in [0.29, 0.717) is 31.0 Å². The minimum Gasteiger partial charge on any atom is -0.507 e. The fraction of sp³-hybridized carbons (Fsp3) is 0.379. The fourth-order valence-corrected chi connectivity index (χ4v) is 4.22. The van der Waals surface area contributed by atoms with E-state index in [2.05, 4.69) is 27.4 Å². The third kappa shape index (κ3) is 5.65. The van der Waals surface area contributed by atoms with E-state index in [1.807, 2.05) is 50.2 Å².